The van der Waals surface area contributed by atoms with Crippen molar-refractivity contribution in [2.24, 2.45) is 5.92 Å². The van der Waals surface area contributed by atoms with Crippen LogP contribution in [0.1, 0.15) is 25.3 Å². The predicted octanol–water partition coefficient (Wildman–Crippen LogP) is 3.11. The smallest absolute Gasteiger partial charge is 0.272 e. The minimum atomic E-state index is -0.343. The van der Waals surface area contributed by atoms with Crippen molar-refractivity contribution in [1.82, 2.24) is 0 Å². The number of anilines is 1. The van der Waals surface area contributed by atoms with Gasteiger partial charge in [-0.25, -0.2) is 0 Å². The Hall–Kier alpha value is -1.58. The lowest BCUT2D eigenvalue weighted by Gasteiger charge is -2.34. The van der Waals surface area contributed by atoms with E-state index in [0.29, 0.717) is 11.6 Å². The SMILES string of the molecule is Cc1cc(NC2CC(C)C2)ccc1[N+](=O)[O-]. The van der Waals surface area contributed by atoms with Gasteiger partial charge in [-0.2, -0.15) is 0 Å². The van der Waals surface area contributed by atoms with Gasteiger partial charge in [-0.3, -0.25) is 10.1 Å². The van der Waals surface area contributed by atoms with Crippen LogP contribution in [-0.4, -0.2) is 11.0 Å². The maximum atomic E-state index is 10.7. The lowest BCUT2D eigenvalue weighted by molar-refractivity contribution is -0.385. The Morgan fingerprint density at radius 2 is 2.12 bits per heavy atom. The monoisotopic (exact) mass is 220 g/mol. The average Bonchev–Trinajstić information content (AvgIpc) is 2.15. The van der Waals surface area contributed by atoms with Gasteiger partial charge in [-0.1, -0.05) is 6.92 Å². The minimum absolute atomic E-state index is 0.188. The molecule has 0 aliphatic heterocycles. The standard InChI is InChI=1S/C12H16N2O2/c1-8-5-11(6-8)13-10-3-4-12(14(15)16)9(2)7-10/h3-4,7-8,11,13H,5-6H2,1-2H3. The van der Waals surface area contributed by atoms with E-state index in [9.17, 15) is 10.1 Å². The molecule has 0 saturated heterocycles. The van der Waals surface area contributed by atoms with Gasteiger partial charge < -0.3 is 5.32 Å². The van der Waals surface area contributed by atoms with Crippen molar-refractivity contribution in [1.29, 1.82) is 0 Å². The van der Waals surface area contributed by atoms with E-state index in [-0.39, 0.29) is 10.6 Å². The number of rotatable bonds is 3. The third kappa shape index (κ3) is 2.15. The second-order valence-electron chi connectivity index (χ2n) is 4.68. The first kappa shape index (κ1) is 10.9. The third-order valence-electron chi connectivity index (χ3n) is 3.14. The third-order valence-corrected chi connectivity index (χ3v) is 3.14. The van der Waals surface area contributed by atoms with E-state index >= 15 is 0 Å². The Morgan fingerprint density at radius 1 is 1.44 bits per heavy atom. The summed E-state index contributed by atoms with van der Waals surface area (Å²) in [6, 6.07) is 5.74. The molecule has 0 bridgehead atoms. The van der Waals surface area contributed by atoms with E-state index in [0.717, 1.165) is 11.6 Å². The summed E-state index contributed by atoms with van der Waals surface area (Å²) in [7, 11) is 0. The average molecular weight is 220 g/mol. The Labute approximate surface area is 94.8 Å². The summed E-state index contributed by atoms with van der Waals surface area (Å²) in [5.74, 6) is 0.802. The molecule has 1 aliphatic rings. The zero-order valence-electron chi connectivity index (χ0n) is 9.56. The van der Waals surface area contributed by atoms with Gasteiger partial charge in [0.1, 0.15) is 0 Å². The number of nitro groups is 1. The summed E-state index contributed by atoms with van der Waals surface area (Å²) >= 11 is 0. The summed E-state index contributed by atoms with van der Waals surface area (Å²) in [6.45, 7) is 4.01. The molecule has 1 aromatic rings. The van der Waals surface area contributed by atoms with Crippen molar-refractivity contribution < 1.29 is 4.92 Å². The van der Waals surface area contributed by atoms with Gasteiger partial charge in [-0.15, -0.1) is 0 Å². The Morgan fingerprint density at radius 3 is 2.62 bits per heavy atom. The van der Waals surface area contributed by atoms with Crippen LogP contribution in [0.4, 0.5) is 11.4 Å². The summed E-state index contributed by atoms with van der Waals surface area (Å²) in [4.78, 5) is 10.3. The van der Waals surface area contributed by atoms with Crippen molar-refractivity contribution in [2.75, 3.05) is 5.32 Å². The van der Waals surface area contributed by atoms with E-state index in [1.165, 1.54) is 12.8 Å². The summed E-state index contributed by atoms with van der Waals surface area (Å²) in [5, 5.41) is 14.0. The van der Waals surface area contributed by atoms with Crippen LogP contribution >= 0.6 is 0 Å². The van der Waals surface area contributed by atoms with Gasteiger partial charge in [-0.05, 0) is 37.8 Å². The number of nitro benzene ring substituents is 1. The molecule has 1 aliphatic carbocycles. The van der Waals surface area contributed by atoms with Crippen LogP contribution in [0.2, 0.25) is 0 Å². The fourth-order valence-corrected chi connectivity index (χ4v) is 2.21. The highest BCUT2D eigenvalue weighted by molar-refractivity contribution is 5.54. The normalized spacial score (nSPS) is 23.6. The van der Waals surface area contributed by atoms with Crippen molar-refractivity contribution in [3.05, 3.63) is 33.9 Å². The molecule has 0 heterocycles. The van der Waals surface area contributed by atoms with Gasteiger partial charge in [0.15, 0.2) is 0 Å². The van der Waals surface area contributed by atoms with Gasteiger partial charge in [0.25, 0.3) is 5.69 Å². The van der Waals surface area contributed by atoms with Gasteiger partial charge in [0.05, 0.1) is 4.92 Å². The lowest BCUT2D eigenvalue weighted by Crippen LogP contribution is -2.33. The Balaban J connectivity index is 2.06. The highest BCUT2D eigenvalue weighted by Crippen LogP contribution is 2.30. The Kier molecular flexibility index (Phi) is 2.81. The molecule has 1 aromatic carbocycles. The predicted molar refractivity (Wildman–Crippen MR) is 63.6 cm³/mol. The zero-order valence-corrected chi connectivity index (χ0v) is 9.56. The lowest BCUT2D eigenvalue weighted by atomic mass is 9.82. The van der Waals surface area contributed by atoms with Crippen molar-refractivity contribution >= 4 is 11.4 Å². The van der Waals surface area contributed by atoms with E-state index in [4.69, 9.17) is 0 Å². The number of nitrogens with one attached hydrogen (secondary N) is 1. The highest BCUT2D eigenvalue weighted by atomic mass is 16.6. The topological polar surface area (TPSA) is 55.2 Å². The highest BCUT2D eigenvalue weighted by Gasteiger charge is 2.25. The fraction of sp³-hybridized carbons (Fsp3) is 0.500. The maximum absolute atomic E-state index is 10.7. The zero-order chi connectivity index (χ0) is 11.7. The molecule has 16 heavy (non-hydrogen) atoms. The van der Waals surface area contributed by atoms with Crippen molar-refractivity contribution in [3.63, 3.8) is 0 Å². The molecule has 1 N–H and O–H groups in total. The second-order valence-corrected chi connectivity index (χ2v) is 4.68. The van der Waals surface area contributed by atoms with Crippen LogP contribution < -0.4 is 5.32 Å². The van der Waals surface area contributed by atoms with Crippen molar-refractivity contribution in [2.45, 2.75) is 32.7 Å². The molecule has 4 nitrogen and oxygen atoms in total. The molecule has 0 aromatic heterocycles. The Bertz CT molecular complexity index is 411. The van der Waals surface area contributed by atoms with E-state index in [2.05, 4.69) is 12.2 Å². The fourth-order valence-electron chi connectivity index (χ4n) is 2.21. The van der Waals surface area contributed by atoms with Crippen LogP contribution in [0, 0.1) is 23.0 Å². The van der Waals surface area contributed by atoms with Crippen LogP contribution in [0.5, 0.6) is 0 Å². The molecule has 4 heteroatoms. The molecule has 1 saturated carbocycles. The molecule has 0 radical (unpaired) electrons. The number of aryl methyl sites for hydroxylation is 1. The van der Waals surface area contributed by atoms with Gasteiger partial charge >= 0.3 is 0 Å². The molecule has 1 fully saturated rings. The maximum Gasteiger partial charge on any atom is 0.272 e. The molecule has 0 spiro atoms. The second kappa shape index (κ2) is 4.12. The molecule has 0 amide bonds. The van der Waals surface area contributed by atoms with Crippen molar-refractivity contribution in [3.8, 4) is 0 Å². The number of hydrogen-bond acceptors (Lipinski definition) is 3. The first-order valence-electron chi connectivity index (χ1n) is 5.58. The number of hydrogen-bond donors (Lipinski definition) is 1. The largest absolute Gasteiger partial charge is 0.382 e. The molecular formula is C12H16N2O2. The van der Waals surface area contributed by atoms with E-state index < -0.39 is 0 Å². The van der Waals surface area contributed by atoms with Gasteiger partial charge in [0, 0.05) is 23.4 Å². The van der Waals surface area contributed by atoms with Crippen LogP contribution in [-0.2, 0) is 0 Å². The van der Waals surface area contributed by atoms with E-state index in [1.807, 2.05) is 6.07 Å². The van der Waals surface area contributed by atoms with Crippen LogP contribution in [0.15, 0.2) is 18.2 Å². The van der Waals surface area contributed by atoms with E-state index in [1.54, 1.807) is 19.1 Å². The minimum Gasteiger partial charge on any atom is -0.382 e. The number of nitrogens with zero attached hydrogens (tertiary/aromatic N) is 1. The first-order valence-corrected chi connectivity index (χ1v) is 5.58. The molecular weight excluding hydrogens is 204 g/mol. The summed E-state index contributed by atoms with van der Waals surface area (Å²) < 4.78 is 0. The number of benzene rings is 1. The summed E-state index contributed by atoms with van der Waals surface area (Å²) in [5.41, 5.74) is 1.88. The quantitative estimate of drug-likeness (QED) is 0.629. The first-order chi connectivity index (χ1) is 7.56. The van der Waals surface area contributed by atoms with Gasteiger partial charge in [0.2, 0.25) is 0 Å². The van der Waals surface area contributed by atoms with Crippen LogP contribution in [0.25, 0.3) is 0 Å². The molecule has 86 valence electrons. The summed E-state index contributed by atoms with van der Waals surface area (Å²) in [6.07, 6.45) is 2.38. The molecule has 0 atom stereocenters. The molecule has 0 unspecified atom stereocenters. The molecule has 2 rings (SSSR count). The van der Waals surface area contributed by atoms with Crippen LogP contribution in [0.3, 0.4) is 0 Å².